The molecular formula is C14H19NO4. The number of carbonyl (C=O) groups excluding carboxylic acids is 1. The zero-order valence-electron chi connectivity index (χ0n) is 11.3. The van der Waals surface area contributed by atoms with Gasteiger partial charge in [0.1, 0.15) is 11.5 Å². The number of nitrogens with zero attached hydrogens (tertiary/aromatic N) is 1. The second-order valence-corrected chi connectivity index (χ2v) is 5.44. The SMILES string of the molecule is Cc1ccc(CCC(=O)N2CC[C@](C)(C(=O)O)C2)o1. The zero-order valence-corrected chi connectivity index (χ0v) is 11.3. The topological polar surface area (TPSA) is 70.8 Å². The van der Waals surface area contributed by atoms with Crippen LogP contribution < -0.4 is 0 Å². The molecular weight excluding hydrogens is 246 g/mol. The lowest BCUT2D eigenvalue weighted by Gasteiger charge is -2.20. The van der Waals surface area contributed by atoms with E-state index in [0.717, 1.165) is 11.5 Å². The highest BCUT2D eigenvalue weighted by Crippen LogP contribution is 2.30. The summed E-state index contributed by atoms with van der Waals surface area (Å²) < 4.78 is 5.41. The third kappa shape index (κ3) is 2.97. The van der Waals surface area contributed by atoms with E-state index in [1.807, 2.05) is 19.1 Å². The van der Waals surface area contributed by atoms with Crippen LogP contribution in [0.25, 0.3) is 0 Å². The molecule has 1 atom stereocenters. The highest BCUT2D eigenvalue weighted by atomic mass is 16.4. The first-order valence-electron chi connectivity index (χ1n) is 6.47. The van der Waals surface area contributed by atoms with Gasteiger partial charge in [-0.15, -0.1) is 0 Å². The van der Waals surface area contributed by atoms with Crippen molar-refractivity contribution in [1.82, 2.24) is 4.90 Å². The van der Waals surface area contributed by atoms with Crippen molar-refractivity contribution in [3.05, 3.63) is 23.7 Å². The molecule has 5 heteroatoms. The fourth-order valence-corrected chi connectivity index (χ4v) is 2.36. The van der Waals surface area contributed by atoms with Gasteiger partial charge in [0.25, 0.3) is 0 Å². The number of carbonyl (C=O) groups is 2. The molecule has 0 aliphatic carbocycles. The maximum Gasteiger partial charge on any atom is 0.311 e. The molecule has 1 aromatic rings. The Balaban J connectivity index is 1.86. The molecule has 1 N–H and O–H groups in total. The maximum atomic E-state index is 12.0. The van der Waals surface area contributed by atoms with Crippen LogP contribution in [0, 0.1) is 12.3 Å². The molecule has 1 fully saturated rings. The third-order valence-corrected chi connectivity index (χ3v) is 3.72. The highest BCUT2D eigenvalue weighted by Gasteiger charge is 2.41. The molecule has 1 amide bonds. The predicted octanol–water partition coefficient (Wildman–Crippen LogP) is 1.84. The van der Waals surface area contributed by atoms with Crippen molar-refractivity contribution < 1.29 is 19.1 Å². The van der Waals surface area contributed by atoms with E-state index in [2.05, 4.69) is 0 Å². The van der Waals surface area contributed by atoms with Gasteiger partial charge >= 0.3 is 5.97 Å². The number of hydrogen-bond acceptors (Lipinski definition) is 3. The molecule has 0 unspecified atom stereocenters. The number of carboxylic acids is 1. The van der Waals surface area contributed by atoms with E-state index < -0.39 is 11.4 Å². The molecule has 1 aliphatic heterocycles. The van der Waals surface area contributed by atoms with Gasteiger partial charge in [-0.2, -0.15) is 0 Å². The van der Waals surface area contributed by atoms with Crippen LogP contribution in [0.3, 0.4) is 0 Å². The second-order valence-electron chi connectivity index (χ2n) is 5.44. The Morgan fingerprint density at radius 2 is 2.21 bits per heavy atom. The first-order valence-corrected chi connectivity index (χ1v) is 6.47. The lowest BCUT2D eigenvalue weighted by atomic mass is 9.90. The van der Waals surface area contributed by atoms with Crippen LogP contribution in [0.1, 0.15) is 31.3 Å². The van der Waals surface area contributed by atoms with E-state index >= 15 is 0 Å². The van der Waals surface area contributed by atoms with Crippen molar-refractivity contribution in [3.63, 3.8) is 0 Å². The number of furan rings is 1. The average Bonchev–Trinajstić information content (AvgIpc) is 2.94. The molecule has 2 heterocycles. The monoisotopic (exact) mass is 265 g/mol. The van der Waals surface area contributed by atoms with Gasteiger partial charge in [-0.3, -0.25) is 9.59 Å². The first-order chi connectivity index (χ1) is 8.90. The van der Waals surface area contributed by atoms with Gasteiger partial charge in [-0.25, -0.2) is 0 Å². The minimum atomic E-state index is -0.829. The number of aliphatic carboxylic acids is 1. The van der Waals surface area contributed by atoms with E-state index in [4.69, 9.17) is 9.52 Å². The van der Waals surface area contributed by atoms with Gasteiger partial charge in [0.05, 0.1) is 5.41 Å². The van der Waals surface area contributed by atoms with Crippen LogP contribution in [0.5, 0.6) is 0 Å². The number of hydrogen-bond donors (Lipinski definition) is 1. The zero-order chi connectivity index (χ0) is 14.0. The number of amides is 1. The van der Waals surface area contributed by atoms with Gasteiger partial charge < -0.3 is 14.4 Å². The van der Waals surface area contributed by atoms with Crippen LogP contribution in [0.15, 0.2) is 16.5 Å². The lowest BCUT2D eigenvalue weighted by Crippen LogP contribution is -2.34. The van der Waals surface area contributed by atoms with Crippen LogP contribution in [-0.4, -0.2) is 35.0 Å². The molecule has 0 saturated carbocycles. The normalized spacial score (nSPS) is 22.7. The van der Waals surface area contributed by atoms with Crippen molar-refractivity contribution in [2.45, 2.75) is 33.1 Å². The summed E-state index contributed by atoms with van der Waals surface area (Å²) >= 11 is 0. The van der Waals surface area contributed by atoms with Crippen molar-refractivity contribution in [1.29, 1.82) is 0 Å². The average molecular weight is 265 g/mol. The molecule has 19 heavy (non-hydrogen) atoms. The summed E-state index contributed by atoms with van der Waals surface area (Å²) in [5.41, 5.74) is -0.795. The third-order valence-electron chi connectivity index (χ3n) is 3.72. The van der Waals surface area contributed by atoms with Gasteiger partial charge in [-0.1, -0.05) is 0 Å². The minimum Gasteiger partial charge on any atom is -0.481 e. The molecule has 5 nitrogen and oxygen atoms in total. The molecule has 1 saturated heterocycles. The summed E-state index contributed by atoms with van der Waals surface area (Å²) in [4.78, 5) is 24.8. The molecule has 2 rings (SSSR count). The Morgan fingerprint density at radius 1 is 1.47 bits per heavy atom. The maximum absolute atomic E-state index is 12.0. The summed E-state index contributed by atoms with van der Waals surface area (Å²) in [6, 6.07) is 3.74. The van der Waals surface area contributed by atoms with Crippen LogP contribution >= 0.6 is 0 Å². The van der Waals surface area contributed by atoms with Crippen molar-refractivity contribution >= 4 is 11.9 Å². The quantitative estimate of drug-likeness (QED) is 0.901. The molecule has 0 radical (unpaired) electrons. The van der Waals surface area contributed by atoms with E-state index in [-0.39, 0.29) is 5.91 Å². The molecule has 104 valence electrons. The summed E-state index contributed by atoms with van der Waals surface area (Å²) in [7, 11) is 0. The smallest absolute Gasteiger partial charge is 0.311 e. The summed E-state index contributed by atoms with van der Waals surface area (Å²) in [5.74, 6) is 0.802. The Labute approximate surface area is 112 Å². The van der Waals surface area contributed by atoms with Gasteiger partial charge in [0.15, 0.2) is 0 Å². The standard InChI is InChI=1S/C14H19NO4/c1-10-3-4-11(19-10)5-6-12(16)15-8-7-14(2,9-15)13(17)18/h3-4H,5-9H2,1-2H3,(H,17,18)/t14-/m0/s1. The lowest BCUT2D eigenvalue weighted by molar-refractivity contribution is -0.147. The molecule has 1 aliphatic rings. The number of aryl methyl sites for hydroxylation is 2. The van der Waals surface area contributed by atoms with Crippen molar-refractivity contribution in [3.8, 4) is 0 Å². The first kappa shape index (κ1) is 13.6. The largest absolute Gasteiger partial charge is 0.481 e. The Bertz CT molecular complexity index is 493. The van der Waals surface area contributed by atoms with Crippen LogP contribution in [-0.2, 0) is 16.0 Å². The van der Waals surface area contributed by atoms with Gasteiger partial charge in [0, 0.05) is 25.9 Å². The summed E-state index contributed by atoms with van der Waals surface area (Å²) in [5, 5.41) is 9.13. The Kier molecular flexibility index (Phi) is 3.64. The van der Waals surface area contributed by atoms with Crippen LogP contribution in [0.2, 0.25) is 0 Å². The predicted molar refractivity (Wildman–Crippen MR) is 68.7 cm³/mol. The van der Waals surface area contributed by atoms with E-state index in [1.165, 1.54) is 0 Å². The Hall–Kier alpha value is -1.78. The number of likely N-dealkylation sites (tertiary alicyclic amines) is 1. The molecule has 0 aromatic carbocycles. The minimum absolute atomic E-state index is 0.000900. The summed E-state index contributed by atoms with van der Waals surface area (Å²) in [6.45, 7) is 4.39. The van der Waals surface area contributed by atoms with E-state index in [0.29, 0.717) is 32.4 Å². The molecule has 1 aromatic heterocycles. The van der Waals surface area contributed by atoms with Crippen molar-refractivity contribution in [2.24, 2.45) is 5.41 Å². The fourth-order valence-electron chi connectivity index (χ4n) is 2.36. The number of carboxylic acid groups (broad SMARTS) is 1. The van der Waals surface area contributed by atoms with Crippen molar-refractivity contribution in [2.75, 3.05) is 13.1 Å². The summed E-state index contributed by atoms with van der Waals surface area (Å²) in [6.07, 6.45) is 1.45. The molecule has 0 spiro atoms. The van der Waals surface area contributed by atoms with Gasteiger partial charge in [0.2, 0.25) is 5.91 Å². The van der Waals surface area contributed by atoms with Crippen LogP contribution in [0.4, 0.5) is 0 Å². The second kappa shape index (κ2) is 5.07. The highest BCUT2D eigenvalue weighted by molar-refractivity contribution is 5.80. The van der Waals surface area contributed by atoms with Gasteiger partial charge in [-0.05, 0) is 32.4 Å². The molecule has 0 bridgehead atoms. The Morgan fingerprint density at radius 3 is 2.74 bits per heavy atom. The van der Waals surface area contributed by atoms with E-state index in [1.54, 1.807) is 11.8 Å². The number of rotatable bonds is 4. The van der Waals surface area contributed by atoms with E-state index in [9.17, 15) is 9.59 Å². The fraction of sp³-hybridized carbons (Fsp3) is 0.571.